The molecule has 4 heteroatoms. The summed E-state index contributed by atoms with van der Waals surface area (Å²) in [7, 11) is 0. The van der Waals surface area contributed by atoms with Crippen molar-refractivity contribution in [2.45, 2.75) is 18.2 Å². The van der Waals surface area contributed by atoms with Gasteiger partial charge in [0.05, 0.1) is 0 Å². The third-order valence-corrected chi connectivity index (χ3v) is 3.95. The first-order chi connectivity index (χ1) is 10.1. The Balaban J connectivity index is 2.39. The molecule has 0 aliphatic heterocycles. The second kappa shape index (κ2) is 7.18. The second-order valence-corrected chi connectivity index (χ2v) is 5.47. The minimum Gasteiger partial charge on any atom is -0.481 e. The predicted molar refractivity (Wildman–Crippen MR) is 86.2 cm³/mol. The Morgan fingerprint density at radius 1 is 1.19 bits per heavy atom. The van der Waals surface area contributed by atoms with Crippen LogP contribution in [0.1, 0.15) is 12.5 Å². The molecule has 110 valence electrons. The van der Waals surface area contributed by atoms with Crippen LogP contribution in [0, 0.1) is 0 Å². The number of rotatable bonds is 6. The summed E-state index contributed by atoms with van der Waals surface area (Å²) >= 11 is 1.69. The van der Waals surface area contributed by atoms with E-state index in [-0.39, 0.29) is 6.61 Å². The van der Waals surface area contributed by atoms with Crippen molar-refractivity contribution < 1.29 is 14.6 Å². The van der Waals surface area contributed by atoms with Crippen LogP contribution >= 0.6 is 11.8 Å². The van der Waals surface area contributed by atoms with Gasteiger partial charge in [0.2, 0.25) is 0 Å². The van der Waals surface area contributed by atoms with Gasteiger partial charge in [-0.1, -0.05) is 25.1 Å². The summed E-state index contributed by atoms with van der Waals surface area (Å²) in [5.74, 6) is -0.371. The molecule has 0 saturated heterocycles. The molecule has 0 unspecified atom stereocenters. The number of aliphatic carboxylic acids is 1. The summed E-state index contributed by atoms with van der Waals surface area (Å²) in [5.41, 5.74) is 3.16. The predicted octanol–water partition coefficient (Wildman–Crippen LogP) is 4.10. The van der Waals surface area contributed by atoms with Gasteiger partial charge in [-0.05, 0) is 48.1 Å². The highest BCUT2D eigenvalue weighted by Crippen LogP contribution is 2.32. The summed E-state index contributed by atoms with van der Waals surface area (Å²) < 4.78 is 5.40. The lowest BCUT2D eigenvalue weighted by atomic mass is 10.0. The fourth-order valence-corrected chi connectivity index (χ4v) is 2.47. The van der Waals surface area contributed by atoms with Gasteiger partial charge in [-0.25, -0.2) is 4.79 Å². The van der Waals surface area contributed by atoms with Gasteiger partial charge in [-0.2, -0.15) is 0 Å². The van der Waals surface area contributed by atoms with Crippen LogP contribution in [0.25, 0.3) is 11.1 Å². The zero-order valence-electron chi connectivity index (χ0n) is 12.1. The SMILES string of the molecule is CCc1ccc(OCC(=O)O)c(-c2ccc(SC)cc2)c1. The zero-order chi connectivity index (χ0) is 15.2. The van der Waals surface area contributed by atoms with Gasteiger partial charge in [0.1, 0.15) is 5.75 Å². The second-order valence-electron chi connectivity index (χ2n) is 4.59. The summed E-state index contributed by atoms with van der Waals surface area (Å²) in [6.45, 7) is 1.76. The first-order valence-electron chi connectivity index (χ1n) is 6.76. The fourth-order valence-electron chi connectivity index (χ4n) is 2.06. The van der Waals surface area contributed by atoms with Crippen LogP contribution in [0.2, 0.25) is 0 Å². The standard InChI is InChI=1S/C17H18O3S/c1-3-12-4-9-16(20-11-17(18)19)15(10-12)13-5-7-14(21-2)8-6-13/h4-10H,3,11H2,1-2H3,(H,18,19). The van der Waals surface area contributed by atoms with Gasteiger partial charge < -0.3 is 9.84 Å². The van der Waals surface area contributed by atoms with Crippen LogP contribution in [0.15, 0.2) is 47.4 Å². The topological polar surface area (TPSA) is 46.5 Å². The van der Waals surface area contributed by atoms with E-state index in [2.05, 4.69) is 25.1 Å². The Hall–Kier alpha value is -1.94. The van der Waals surface area contributed by atoms with E-state index < -0.39 is 5.97 Å². The maximum absolute atomic E-state index is 10.7. The smallest absolute Gasteiger partial charge is 0.341 e. The molecule has 2 aromatic carbocycles. The molecule has 1 N–H and O–H groups in total. The minimum atomic E-state index is -0.974. The highest BCUT2D eigenvalue weighted by atomic mass is 32.2. The fraction of sp³-hybridized carbons (Fsp3) is 0.235. The number of carbonyl (C=O) groups is 1. The third kappa shape index (κ3) is 4.02. The summed E-state index contributed by atoms with van der Waals surface area (Å²) in [5, 5.41) is 8.78. The Kier molecular flexibility index (Phi) is 5.28. The summed E-state index contributed by atoms with van der Waals surface area (Å²) in [6, 6.07) is 14.1. The molecule has 0 aliphatic rings. The number of carboxylic acids is 1. The zero-order valence-corrected chi connectivity index (χ0v) is 12.9. The summed E-state index contributed by atoms with van der Waals surface area (Å²) in [6.07, 6.45) is 2.96. The van der Waals surface area contributed by atoms with Gasteiger partial charge in [0.15, 0.2) is 6.61 Å². The van der Waals surface area contributed by atoms with Crippen LogP contribution in [-0.2, 0) is 11.2 Å². The van der Waals surface area contributed by atoms with Crippen LogP contribution in [0.5, 0.6) is 5.75 Å². The Morgan fingerprint density at radius 3 is 2.48 bits per heavy atom. The number of benzene rings is 2. The third-order valence-electron chi connectivity index (χ3n) is 3.20. The largest absolute Gasteiger partial charge is 0.481 e. The molecule has 21 heavy (non-hydrogen) atoms. The van der Waals surface area contributed by atoms with E-state index in [0.717, 1.165) is 17.5 Å². The van der Waals surface area contributed by atoms with Crippen molar-refractivity contribution in [2.75, 3.05) is 12.9 Å². The molecule has 2 aromatic rings. The van der Waals surface area contributed by atoms with Crippen molar-refractivity contribution >= 4 is 17.7 Å². The minimum absolute atomic E-state index is 0.332. The summed E-state index contributed by atoms with van der Waals surface area (Å²) in [4.78, 5) is 11.9. The average Bonchev–Trinajstić information content (AvgIpc) is 2.52. The molecule has 0 atom stereocenters. The van der Waals surface area contributed by atoms with E-state index in [1.54, 1.807) is 11.8 Å². The van der Waals surface area contributed by atoms with E-state index in [1.165, 1.54) is 10.5 Å². The molecule has 0 heterocycles. The quantitative estimate of drug-likeness (QED) is 0.816. The number of thioether (sulfide) groups is 1. The highest BCUT2D eigenvalue weighted by molar-refractivity contribution is 7.98. The monoisotopic (exact) mass is 302 g/mol. The van der Waals surface area contributed by atoms with E-state index in [1.807, 2.05) is 30.5 Å². The Labute approximate surface area is 129 Å². The highest BCUT2D eigenvalue weighted by Gasteiger charge is 2.09. The van der Waals surface area contributed by atoms with Crippen molar-refractivity contribution in [1.29, 1.82) is 0 Å². The van der Waals surface area contributed by atoms with Crippen molar-refractivity contribution in [1.82, 2.24) is 0 Å². The lowest BCUT2D eigenvalue weighted by molar-refractivity contribution is -0.139. The molecule has 0 aliphatic carbocycles. The van der Waals surface area contributed by atoms with Crippen LogP contribution in [-0.4, -0.2) is 23.9 Å². The molecule has 3 nitrogen and oxygen atoms in total. The molecule has 0 radical (unpaired) electrons. The molecular formula is C17H18O3S. The van der Waals surface area contributed by atoms with Crippen LogP contribution in [0.4, 0.5) is 0 Å². The van der Waals surface area contributed by atoms with E-state index in [0.29, 0.717) is 5.75 Å². The average molecular weight is 302 g/mol. The van der Waals surface area contributed by atoms with Crippen LogP contribution in [0.3, 0.4) is 0 Å². The molecule has 0 aromatic heterocycles. The normalized spacial score (nSPS) is 10.4. The van der Waals surface area contributed by atoms with E-state index in [4.69, 9.17) is 9.84 Å². The number of ether oxygens (including phenoxy) is 1. The lowest BCUT2D eigenvalue weighted by Gasteiger charge is -2.12. The van der Waals surface area contributed by atoms with Gasteiger partial charge in [-0.15, -0.1) is 11.8 Å². The first-order valence-corrected chi connectivity index (χ1v) is 7.98. The van der Waals surface area contributed by atoms with Gasteiger partial charge in [0, 0.05) is 10.5 Å². The number of aryl methyl sites for hydroxylation is 1. The Bertz CT molecular complexity index is 620. The van der Waals surface area contributed by atoms with Crippen molar-refractivity contribution in [3.8, 4) is 16.9 Å². The molecule has 0 fully saturated rings. The molecule has 0 saturated carbocycles. The maximum atomic E-state index is 10.7. The molecule has 2 rings (SSSR count). The first kappa shape index (κ1) is 15.4. The molecule has 0 bridgehead atoms. The maximum Gasteiger partial charge on any atom is 0.341 e. The molecular weight excluding hydrogens is 284 g/mol. The van der Waals surface area contributed by atoms with Gasteiger partial charge in [0.25, 0.3) is 0 Å². The molecule has 0 spiro atoms. The number of carboxylic acid groups (broad SMARTS) is 1. The van der Waals surface area contributed by atoms with E-state index in [9.17, 15) is 4.79 Å². The van der Waals surface area contributed by atoms with Crippen molar-refractivity contribution in [2.24, 2.45) is 0 Å². The molecule has 0 amide bonds. The van der Waals surface area contributed by atoms with E-state index >= 15 is 0 Å². The van der Waals surface area contributed by atoms with Gasteiger partial charge in [-0.3, -0.25) is 0 Å². The lowest BCUT2D eigenvalue weighted by Crippen LogP contribution is -2.10. The van der Waals surface area contributed by atoms with Crippen molar-refractivity contribution in [3.05, 3.63) is 48.0 Å². The van der Waals surface area contributed by atoms with Crippen molar-refractivity contribution in [3.63, 3.8) is 0 Å². The van der Waals surface area contributed by atoms with Gasteiger partial charge >= 0.3 is 5.97 Å². The number of hydrogen-bond donors (Lipinski definition) is 1. The number of hydrogen-bond acceptors (Lipinski definition) is 3. The Morgan fingerprint density at radius 2 is 1.90 bits per heavy atom. The van der Waals surface area contributed by atoms with Crippen LogP contribution < -0.4 is 4.74 Å².